The van der Waals surface area contributed by atoms with Crippen LogP contribution in [0.25, 0.3) is 11.2 Å². The summed E-state index contributed by atoms with van der Waals surface area (Å²) in [7, 11) is -16.4. The molecule has 338 valence electrons. The molecule has 0 bridgehead atoms. The van der Waals surface area contributed by atoms with Gasteiger partial charge in [-0.3, -0.25) is 37.3 Å². The number of carbonyl (C=O) groups is 4. The maximum absolute atomic E-state index is 12.7. The van der Waals surface area contributed by atoms with E-state index >= 15 is 0 Å². The smallest absolute Gasteiger partial charge is 0.386 e. The molecule has 0 aromatic carbocycles. The van der Waals surface area contributed by atoms with E-state index in [2.05, 4.69) is 41.0 Å². The van der Waals surface area contributed by atoms with Gasteiger partial charge in [-0.15, -0.1) is 0 Å². The molecule has 29 heteroatoms. The van der Waals surface area contributed by atoms with Gasteiger partial charge in [-0.05, 0) is 12.8 Å². The minimum absolute atomic E-state index is 0.0225. The van der Waals surface area contributed by atoms with Crippen LogP contribution in [0, 0.1) is 17.3 Å². The molecule has 1 saturated heterocycles. The number of imidazole rings is 1. The van der Waals surface area contributed by atoms with Crippen LogP contribution in [0.5, 0.6) is 0 Å². The molecule has 8 atom stereocenters. The SMILES string of the molecule is C=C(CC(=O)C(C)C(=O)SCCNC(=O)CCNC(=O)C(O)C(C)(C)COP(=O)(O)OP(=O)(O)OC[C@H]1O[C@@H](n2cnc3c(N)ncnc32)[C@H](O)[C@@H]1OP(=O)(O)O)C(C)C. The zero-order valence-corrected chi connectivity index (χ0v) is 36.6. The molecular weight excluding hydrogens is 883 g/mol. The average Bonchev–Trinajstić information content (AvgIpc) is 3.70. The molecule has 2 aromatic rings. The van der Waals surface area contributed by atoms with Crippen molar-refractivity contribution in [2.75, 3.05) is 37.8 Å². The summed E-state index contributed by atoms with van der Waals surface area (Å²) >= 11 is 0.892. The molecule has 0 spiro atoms. The Kier molecular flexibility index (Phi) is 18.3. The van der Waals surface area contributed by atoms with E-state index in [0.717, 1.165) is 34.6 Å². The van der Waals surface area contributed by atoms with Crippen molar-refractivity contribution >= 4 is 74.9 Å². The van der Waals surface area contributed by atoms with Crippen molar-refractivity contribution in [1.29, 1.82) is 0 Å². The summed E-state index contributed by atoms with van der Waals surface area (Å²) in [6.45, 7) is 9.41. The number of ketones is 1. The number of carbonyl (C=O) groups excluding carboxylic acids is 4. The number of hydrogen-bond acceptors (Lipinski definition) is 19. The summed E-state index contributed by atoms with van der Waals surface area (Å²) in [5.74, 6) is -2.34. The highest BCUT2D eigenvalue weighted by atomic mass is 32.2. The molecule has 25 nitrogen and oxygen atoms in total. The Morgan fingerprint density at radius 3 is 2.32 bits per heavy atom. The average molecular weight is 934 g/mol. The Balaban J connectivity index is 1.45. The fourth-order valence-corrected chi connectivity index (χ4v) is 8.74. The predicted molar refractivity (Wildman–Crippen MR) is 210 cm³/mol. The Hall–Kier alpha value is -3.03. The van der Waals surface area contributed by atoms with Gasteiger partial charge in [0.25, 0.3) is 0 Å². The number of aliphatic hydroxyl groups is 2. The van der Waals surface area contributed by atoms with Crippen molar-refractivity contribution in [3.05, 3.63) is 24.8 Å². The van der Waals surface area contributed by atoms with Gasteiger partial charge in [0.1, 0.15) is 42.0 Å². The molecule has 1 aliphatic heterocycles. The number of nitrogens with two attached hydrogens (primary N) is 1. The fourth-order valence-electron chi connectivity index (χ4n) is 5.12. The van der Waals surface area contributed by atoms with Crippen molar-refractivity contribution < 1.29 is 85.3 Å². The van der Waals surface area contributed by atoms with Gasteiger partial charge in [0.2, 0.25) is 11.8 Å². The third-order valence-electron chi connectivity index (χ3n) is 8.80. The van der Waals surface area contributed by atoms with Crippen LogP contribution >= 0.6 is 35.2 Å². The highest BCUT2D eigenvalue weighted by Crippen LogP contribution is 2.61. The van der Waals surface area contributed by atoms with E-state index in [1.165, 1.54) is 20.8 Å². The Bertz CT molecular complexity index is 2030. The number of Topliss-reactive ketones (excluding diaryl/α,β-unsaturated/α-hetero) is 1. The van der Waals surface area contributed by atoms with Crippen LogP contribution in [-0.2, 0) is 55.5 Å². The van der Waals surface area contributed by atoms with Crippen molar-refractivity contribution in [3.63, 3.8) is 0 Å². The van der Waals surface area contributed by atoms with Crippen LogP contribution in [0.3, 0.4) is 0 Å². The van der Waals surface area contributed by atoms with Gasteiger partial charge in [0.15, 0.2) is 22.8 Å². The first-order valence-corrected chi connectivity index (χ1v) is 23.4. The number of allylic oxidation sites excluding steroid dienone is 1. The van der Waals surface area contributed by atoms with Gasteiger partial charge >= 0.3 is 23.5 Å². The van der Waals surface area contributed by atoms with E-state index in [9.17, 15) is 62.7 Å². The third-order valence-corrected chi connectivity index (χ3v) is 12.9. The molecule has 0 saturated carbocycles. The first-order chi connectivity index (χ1) is 27.6. The molecule has 0 radical (unpaired) electrons. The van der Waals surface area contributed by atoms with Gasteiger partial charge in [0.05, 0.1) is 25.5 Å². The summed E-state index contributed by atoms with van der Waals surface area (Å²) in [6, 6.07) is 0. The standard InChI is InChI=1S/C31H50N7O18P3S/c1-16(2)17(3)11-19(39)18(4)30(44)60-10-9-33-21(40)7-8-34-28(43)25(42)31(5,6)13-53-59(50,51)56-58(48,49)52-12-20-24(55-57(45,46)47)23(41)29(54-20)38-15-37-22-26(32)35-14-36-27(22)38/h14-16,18,20,23-25,29,41-42H,3,7-13H2,1-2,4-6H3,(H,33,40)(H,34,43)(H,48,49)(H,50,51)(H2,32,35,36)(H2,45,46,47)/t18?,20-,23-,24-,25?,29-/m1/s1. The Morgan fingerprint density at radius 2 is 1.68 bits per heavy atom. The molecule has 3 rings (SSSR count). The van der Waals surface area contributed by atoms with E-state index in [-0.39, 0.29) is 65.5 Å². The number of aromatic nitrogens is 4. The molecule has 3 heterocycles. The summed E-state index contributed by atoms with van der Waals surface area (Å²) < 4.78 is 62.2. The first kappa shape index (κ1) is 51.3. The number of ether oxygens (including phenoxy) is 1. The second kappa shape index (κ2) is 21.4. The predicted octanol–water partition coefficient (Wildman–Crippen LogP) is 0.472. The molecule has 10 N–H and O–H groups in total. The zero-order chi connectivity index (χ0) is 45.4. The number of nitrogen functional groups attached to an aromatic ring is 1. The maximum Gasteiger partial charge on any atom is 0.481 e. The van der Waals surface area contributed by atoms with Crippen LogP contribution < -0.4 is 16.4 Å². The van der Waals surface area contributed by atoms with Crippen LogP contribution in [0.2, 0.25) is 0 Å². The normalized spacial score (nSPS) is 21.5. The monoisotopic (exact) mass is 933 g/mol. The Labute approximate surface area is 347 Å². The van der Waals surface area contributed by atoms with Gasteiger partial charge in [-0.25, -0.2) is 28.6 Å². The number of nitrogens with zero attached hydrogens (tertiary/aromatic N) is 4. The van der Waals surface area contributed by atoms with Crippen LogP contribution in [0.4, 0.5) is 5.82 Å². The maximum atomic E-state index is 12.7. The van der Waals surface area contributed by atoms with Crippen LogP contribution in [0.15, 0.2) is 24.8 Å². The lowest BCUT2D eigenvalue weighted by Gasteiger charge is -2.30. The second-order valence-corrected chi connectivity index (χ2v) is 19.7. The lowest BCUT2D eigenvalue weighted by atomic mass is 9.87. The largest absolute Gasteiger partial charge is 0.481 e. The molecule has 0 aliphatic carbocycles. The number of anilines is 1. The second-order valence-electron chi connectivity index (χ2n) is 14.4. The number of hydrogen-bond donors (Lipinski definition) is 9. The van der Waals surface area contributed by atoms with Gasteiger partial charge in [-0.2, -0.15) is 4.31 Å². The molecule has 2 amide bonds. The van der Waals surface area contributed by atoms with Crippen molar-refractivity contribution in [1.82, 2.24) is 30.2 Å². The molecule has 2 aromatic heterocycles. The highest BCUT2D eigenvalue weighted by molar-refractivity contribution is 8.13. The molecular formula is C31H50N7O18P3S. The topological polar surface area (TPSA) is 381 Å². The minimum Gasteiger partial charge on any atom is -0.386 e. The quantitative estimate of drug-likeness (QED) is 0.0299. The molecule has 60 heavy (non-hydrogen) atoms. The van der Waals surface area contributed by atoms with Gasteiger partial charge in [0, 0.05) is 37.1 Å². The zero-order valence-electron chi connectivity index (χ0n) is 33.1. The number of phosphoric acid groups is 3. The number of phosphoric ester groups is 3. The lowest BCUT2D eigenvalue weighted by molar-refractivity contribution is -0.137. The summed E-state index contributed by atoms with van der Waals surface area (Å²) in [4.78, 5) is 100. The summed E-state index contributed by atoms with van der Waals surface area (Å²) in [5.41, 5.74) is 4.95. The van der Waals surface area contributed by atoms with Gasteiger partial charge in [-0.1, -0.05) is 51.6 Å². The highest BCUT2D eigenvalue weighted by Gasteiger charge is 2.50. The van der Waals surface area contributed by atoms with Crippen LogP contribution in [0.1, 0.15) is 53.7 Å². The number of thioether (sulfide) groups is 1. The van der Waals surface area contributed by atoms with E-state index in [1.807, 2.05) is 13.8 Å². The molecule has 1 fully saturated rings. The number of aliphatic hydroxyl groups excluding tert-OH is 2. The van der Waals surface area contributed by atoms with Crippen molar-refractivity contribution in [3.8, 4) is 0 Å². The van der Waals surface area contributed by atoms with E-state index in [4.69, 9.17) is 19.5 Å². The third kappa shape index (κ3) is 15.1. The molecule has 4 unspecified atom stereocenters. The van der Waals surface area contributed by atoms with Gasteiger partial charge < -0.3 is 50.9 Å². The summed E-state index contributed by atoms with van der Waals surface area (Å²) in [6.07, 6.45) is -6.96. The van der Waals surface area contributed by atoms with E-state index in [1.54, 1.807) is 0 Å². The van der Waals surface area contributed by atoms with E-state index < -0.39 is 90.5 Å². The first-order valence-electron chi connectivity index (χ1n) is 17.9. The number of fused-ring (bicyclic) bond motifs is 1. The molecule has 1 aliphatic rings. The minimum atomic E-state index is -5.59. The van der Waals surface area contributed by atoms with Crippen molar-refractivity contribution in [2.45, 2.75) is 78.1 Å². The number of rotatable bonds is 24. The lowest BCUT2D eigenvalue weighted by Crippen LogP contribution is -2.46. The number of nitrogens with one attached hydrogen (secondary N) is 2. The van der Waals surface area contributed by atoms with Crippen molar-refractivity contribution in [2.24, 2.45) is 17.3 Å². The van der Waals surface area contributed by atoms with E-state index in [0.29, 0.717) is 0 Å². The fraction of sp³-hybridized carbons (Fsp3) is 0.645. The Morgan fingerprint density at radius 1 is 1.03 bits per heavy atom. The van der Waals surface area contributed by atoms with Crippen LogP contribution in [-0.4, -0.2) is 128 Å². The summed E-state index contributed by atoms with van der Waals surface area (Å²) in [5, 5.41) is 26.0. The number of amides is 2.